The fourth-order valence-corrected chi connectivity index (χ4v) is 8.63. The summed E-state index contributed by atoms with van der Waals surface area (Å²) in [5, 5.41) is 9.67. The number of Topliss-reactive ketones (excluding diaryl/α,β-unsaturated/α-hetero) is 1. The van der Waals surface area contributed by atoms with Crippen molar-refractivity contribution in [1.82, 2.24) is 35.5 Å². The van der Waals surface area contributed by atoms with Gasteiger partial charge < -0.3 is 21.7 Å². The lowest BCUT2D eigenvalue weighted by Gasteiger charge is -2.32. The minimum atomic E-state index is -4.99. The maximum Gasteiger partial charge on any atom is 0.295 e. The summed E-state index contributed by atoms with van der Waals surface area (Å²) in [6, 6.07) is -1.91. The SMILES string of the molecule is CCC(N)C(=O)C(=O)NC(=O)CN(C(=O)[C@H](CC1CCCCC1)NC(=O)[C@@H](NC(=O)[C@H](CC(C)C)NC(=O)c1cnccn1)[C@@H](C)CC)S(=O)(=O)c1cc(Cl)cc(Cl)c1. The number of nitrogens with zero attached hydrogens (tertiary/aromatic N) is 3. The standard InChI is InChI=1S/C39H54Cl2N8O9S/c1-6-23(5)33(48-35(52)29(15-22(3)4)45-36(53)31-20-43-13-14-44-31)37(54)46-30(16-24-11-9-8-10-12-24)39(56)49(21-32(50)47-38(55)34(51)28(42)7-2)59(57,58)27-18-25(40)17-26(41)19-27/h13-14,17-20,22-24,28-30,33H,6-12,15-16,21,42H2,1-5H3,(H,45,53)(H,46,54)(H,48,52)(H,47,50,55)/t23-,28?,29-,30-,33-/m0/s1. The first kappa shape index (κ1) is 48.8. The molecule has 0 aliphatic heterocycles. The first-order valence-corrected chi connectivity index (χ1v) is 21.8. The van der Waals surface area contributed by atoms with Crippen LogP contribution in [0.15, 0.2) is 41.7 Å². The summed E-state index contributed by atoms with van der Waals surface area (Å²) in [7, 11) is -4.99. The Morgan fingerprint density at radius 2 is 1.51 bits per heavy atom. The van der Waals surface area contributed by atoms with Gasteiger partial charge >= 0.3 is 0 Å². The summed E-state index contributed by atoms with van der Waals surface area (Å²) < 4.78 is 28.8. The smallest absolute Gasteiger partial charge is 0.295 e. The van der Waals surface area contributed by atoms with E-state index in [0.717, 1.165) is 31.4 Å². The average molecular weight is 882 g/mol. The van der Waals surface area contributed by atoms with Crippen LogP contribution in [0.4, 0.5) is 0 Å². The molecule has 1 fully saturated rings. The van der Waals surface area contributed by atoms with Gasteiger partial charge in [-0.15, -0.1) is 0 Å². The number of sulfonamides is 1. The number of hydrogen-bond acceptors (Lipinski definition) is 12. The first-order valence-electron chi connectivity index (χ1n) is 19.6. The number of nitrogens with two attached hydrogens (primary N) is 1. The lowest BCUT2D eigenvalue weighted by atomic mass is 9.84. The van der Waals surface area contributed by atoms with Gasteiger partial charge in [0.15, 0.2) is 0 Å². The molecule has 1 aliphatic carbocycles. The van der Waals surface area contributed by atoms with Crippen molar-refractivity contribution >= 4 is 74.5 Å². The molecule has 17 nitrogen and oxygen atoms in total. The van der Waals surface area contributed by atoms with Gasteiger partial charge in [0.25, 0.3) is 27.7 Å². The quantitative estimate of drug-likeness (QED) is 0.120. The molecule has 0 spiro atoms. The van der Waals surface area contributed by atoms with Crippen LogP contribution in [0.25, 0.3) is 0 Å². The molecule has 5 atom stereocenters. The van der Waals surface area contributed by atoms with Crippen molar-refractivity contribution in [2.24, 2.45) is 23.5 Å². The van der Waals surface area contributed by atoms with E-state index in [-0.39, 0.29) is 51.1 Å². The third kappa shape index (κ3) is 14.3. The van der Waals surface area contributed by atoms with E-state index in [2.05, 4.69) is 25.9 Å². The topological polar surface area (TPSA) is 257 Å². The van der Waals surface area contributed by atoms with E-state index in [1.54, 1.807) is 20.8 Å². The van der Waals surface area contributed by atoms with Gasteiger partial charge in [-0.2, -0.15) is 0 Å². The molecule has 1 aromatic carbocycles. The highest BCUT2D eigenvalue weighted by Crippen LogP contribution is 2.30. The maximum atomic E-state index is 14.7. The highest BCUT2D eigenvalue weighted by molar-refractivity contribution is 7.89. The van der Waals surface area contributed by atoms with Gasteiger partial charge in [0.2, 0.25) is 23.5 Å². The van der Waals surface area contributed by atoms with Crippen molar-refractivity contribution in [3.05, 3.63) is 52.5 Å². The summed E-state index contributed by atoms with van der Waals surface area (Å²) in [4.78, 5) is 101. The number of halogens is 2. The second-order valence-corrected chi connectivity index (χ2v) is 17.9. The predicted octanol–water partition coefficient (Wildman–Crippen LogP) is 3.08. The van der Waals surface area contributed by atoms with Crippen LogP contribution >= 0.6 is 23.2 Å². The van der Waals surface area contributed by atoms with Crippen LogP contribution in [0.3, 0.4) is 0 Å². The predicted molar refractivity (Wildman–Crippen MR) is 219 cm³/mol. The van der Waals surface area contributed by atoms with Crippen LogP contribution in [0.2, 0.25) is 10.0 Å². The number of ketones is 1. The molecule has 59 heavy (non-hydrogen) atoms. The van der Waals surface area contributed by atoms with Gasteiger partial charge in [0.1, 0.15) is 30.4 Å². The van der Waals surface area contributed by atoms with Gasteiger partial charge in [0.05, 0.1) is 17.1 Å². The molecule has 1 unspecified atom stereocenters. The zero-order valence-corrected chi connectivity index (χ0v) is 36.2. The van der Waals surface area contributed by atoms with Crippen LogP contribution in [0.1, 0.15) is 103 Å². The summed E-state index contributed by atoms with van der Waals surface area (Å²) >= 11 is 12.3. The van der Waals surface area contributed by atoms with Crippen LogP contribution in [0, 0.1) is 17.8 Å². The van der Waals surface area contributed by atoms with Crippen LogP contribution in [-0.2, 0) is 38.8 Å². The molecule has 1 aliphatic rings. The second kappa shape index (κ2) is 22.7. The van der Waals surface area contributed by atoms with Crippen molar-refractivity contribution in [3.63, 3.8) is 0 Å². The highest BCUT2D eigenvalue weighted by Gasteiger charge is 2.40. The van der Waals surface area contributed by atoms with Crippen molar-refractivity contribution < 1.29 is 42.0 Å². The molecule has 20 heteroatoms. The van der Waals surface area contributed by atoms with Gasteiger partial charge in [-0.3, -0.25) is 43.9 Å². The van der Waals surface area contributed by atoms with Crippen molar-refractivity contribution in [2.45, 2.75) is 121 Å². The fraction of sp³-hybridized carbons (Fsp3) is 0.564. The molecule has 324 valence electrons. The summed E-state index contributed by atoms with van der Waals surface area (Å²) in [5.41, 5.74) is 5.64. The minimum Gasteiger partial charge on any atom is -0.342 e. The minimum absolute atomic E-state index is 0.0249. The Morgan fingerprint density at radius 3 is 2.07 bits per heavy atom. The summed E-state index contributed by atoms with van der Waals surface area (Å²) in [6.45, 7) is 7.44. The monoisotopic (exact) mass is 880 g/mol. The van der Waals surface area contributed by atoms with Crippen molar-refractivity contribution in [1.29, 1.82) is 0 Å². The number of imide groups is 1. The molecule has 1 heterocycles. The largest absolute Gasteiger partial charge is 0.342 e. The van der Waals surface area contributed by atoms with Gasteiger partial charge in [-0.05, 0) is 55.2 Å². The Balaban J connectivity index is 2.03. The molecule has 2 aromatic rings. The van der Waals surface area contributed by atoms with E-state index in [1.165, 1.54) is 24.7 Å². The molecule has 1 aromatic heterocycles. The number of carbonyl (C=O) groups excluding carboxylic acids is 7. The Morgan fingerprint density at radius 1 is 0.864 bits per heavy atom. The Bertz CT molecular complexity index is 1930. The van der Waals surface area contributed by atoms with Gasteiger partial charge in [-0.1, -0.05) is 96.3 Å². The van der Waals surface area contributed by atoms with Crippen LogP contribution in [-0.4, -0.2) is 94.6 Å². The van der Waals surface area contributed by atoms with Crippen molar-refractivity contribution in [3.8, 4) is 0 Å². The number of nitrogens with one attached hydrogen (secondary N) is 4. The van der Waals surface area contributed by atoms with Crippen LogP contribution < -0.4 is 27.0 Å². The lowest BCUT2D eigenvalue weighted by molar-refractivity contribution is -0.142. The van der Waals surface area contributed by atoms with E-state index in [1.807, 2.05) is 19.2 Å². The lowest BCUT2D eigenvalue weighted by Crippen LogP contribution is -2.60. The zero-order valence-electron chi connectivity index (χ0n) is 33.8. The molecular weight excluding hydrogens is 827 g/mol. The Kier molecular flexibility index (Phi) is 18.8. The molecule has 0 bridgehead atoms. The first-order chi connectivity index (χ1) is 27.8. The fourth-order valence-electron chi connectivity index (χ4n) is 6.52. The molecule has 0 saturated heterocycles. The number of benzene rings is 1. The number of amides is 6. The van der Waals surface area contributed by atoms with E-state index in [9.17, 15) is 42.0 Å². The third-order valence-electron chi connectivity index (χ3n) is 10.0. The van der Waals surface area contributed by atoms with E-state index in [0.29, 0.717) is 19.3 Å². The Labute approximate surface area is 354 Å². The maximum absolute atomic E-state index is 14.7. The molecule has 6 amide bonds. The van der Waals surface area contributed by atoms with E-state index in [4.69, 9.17) is 28.9 Å². The molecule has 0 radical (unpaired) electrons. The van der Waals surface area contributed by atoms with Crippen LogP contribution in [0.5, 0.6) is 0 Å². The number of carbonyl (C=O) groups is 7. The zero-order chi connectivity index (χ0) is 44.0. The molecule has 1 saturated carbocycles. The van der Waals surface area contributed by atoms with Crippen molar-refractivity contribution in [2.75, 3.05) is 6.54 Å². The van der Waals surface area contributed by atoms with E-state index < -0.39 is 92.8 Å². The Hall–Kier alpha value is -4.52. The normalized spacial score (nSPS) is 15.8. The summed E-state index contributed by atoms with van der Waals surface area (Å²) in [6.07, 6.45) is 8.49. The average Bonchev–Trinajstić information content (AvgIpc) is 3.20. The van der Waals surface area contributed by atoms with Gasteiger partial charge in [-0.25, -0.2) is 17.7 Å². The van der Waals surface area contributed by atoms with Gasteiger partial charge in [0, 0.05) is 22.4 Å². The number of rotatable bonds is 20. The molecule has 6 N–H and O–H groups in total. The second-order valence-electron chi connectivity index (χ2n) is 15.1. The molecule has 3 rings (SSSR count). The highest BCUT2D eigenvalue weighted by atomic mass is 35.5. The third-order valence-corrected chi connectivity index (χ3v) is 12.2. The summed E-state index contributed by atoms with van der Waals surface area (Å²) in [5.74, 6) is -8.02. The molecular formula is C39H54Cl2N8O9S. The number of hydrogen-bond donors (Lipinski definition) is 5. The van der Waals surface area contributed by atoms with E-state index >= 15 is 0 Å². The number of aromatic nitrogens is 2.